The number of alkyl halides is 1. The molecular formula is C8H9BrN4O. The summed E-state index contributed by atoms with van der Waals surface area (Å²) in [6.07, 6.45) is 0. The van der Waals surface area contributed by atoms with Gasteiger partial charge in [-0.25, -0.2) is 0 Å². The zero-order valence-electron chi connectivity index (χ0n) is 7.86. The van der Waals surface area contributed by atoms with E-state index in [0.717, 1.165) is 5.69 Å². The lowest BCUT2D eigenvalue weighted by atomic mass is 10.4. The number of halogens is 1. The van der Waals surface area contributed by atoms with Crippen molar-refractivity contribution >= 4 is 15.9 Å². The second-order valence-corrected chi connectivity index (χ2v) is 3.50. The molecule has 0 aliphatic carbocycles. The molecule has 0 amide bonds. The van der Waals surface area contributed by atoms with Gasteiger partial charge in [0.1, 0.15) is 0 Å². The summed E-state index contributed by atoms with van der Waals surface area (Å²) in [4.78, 5) is 4.15. The largest absolute Gasteiger partial charge is 0.332 e. The van der Waals surface area contributed by atoms with Crippen molar-refractivity contribution in [2.45, 2.75) is 12.3 Å². The summed E-state index contributed by atoms with van der Waals surface area (Å²) in [5.74, 6) is 1.09. The van der Waals surface area contributed by atoms with Crippen molar-refractivity contribution in [2.75, 3.05) is 0 Å². The normalized spacial score (nSPS) is 10.8. The van der Waals surface area contributed by atoms with Crippen LogP contribution in [0.4, 0.5) is 0 Å². The molecule has 2 aromatic rings. The van der Waals surface area contributed by atoms with Gasteiger partial charge in [0.05, 0.1) is 5.33 Å². The van der Waals surface area contributed by atoms with Crippen molar-refractivity contribution < 1.29 is 4.52 Å². The molecule has 0 saturated carbocycles. The van der Waals surface area contributed by atoms with Gasteiger partial charge < -0.3 is 4.52 Å². The summed E-state index contributed by atoms with van der Waals surface area (Å²) in [5, 5.41) is 8.59. The monoisotopic (exact) mass is 256 g/mol. The average Bonchev–Trinajstić information content (AvgIpc) is 2.74. The molecule has 0 atom stereocenters. The third kappa shape index (κ3) is 1.57. The smallest absolute Gasteiger partial charge is 0.278 e. The summed E-state index contributed by atoms with van der Waals surface area (Å²) >= 11 is 3.25. The Morgan fingerprint density at radius 2 is 2.36 bits per heavy atom. The molecule has 0 fully saturated rings. The number of rotatable bonds is 2. The average molecular weight is 257 g/mol. The van der Waals surface area contributed by atoms with Crippen LogP contribution < -0.4 is 0 Å². The maximum absolute atomic E-state index is 5.04. The number of hydrogen-bond donors (Lipinski definition) is 0. The fraction of sp³-hybridized carbons (Fsp3) is 0.375. The highest BCUT2D eigenvalue weighted by molar-refractivity contribution is 9.08. The Bertz CT molecular complexity index is 428. The molecule has 5 nitrogen and oxygen atoms in total. The van der Waals surface area contributed by atoms with E-state index in [9.17, 15) is 0 Å². The lowest BCUT2D eigenvalue weighted by Gasteiger charge is -1.88. The molecule has 6 heteroatoms. The first kappa shape index (κ1) is 9.39. The minimum atomic E-state index is 0.461. The number of nitrogens with zero attached hydrogens (tertiary/aromatic N) is 4. The molecule has 0 spiro atoms. The minimum Gasteiger partial charge on any atom is -0.332 e. The molecule has 14 heavy (non-hydrogen) atoms. The summed E-state index contributed by atoms with van der Waals surface area (Å²) < 4.78 is 6.81. The van der Waals surface area contributed by atoms with Crippen molar-refractivity contribution in [1.29, 1.82) is 0 Å². The van der Waals surface area contributed by atoms with Crippen molar-refractivity contribution in [3.8, 4) is 11.6 Å². The van der Waals surface area contributed by atoms with Crippen molar-refractivity contribution in [2.24, 2.45) is 7.05 Å². The molecule has 2 rings (SSSR count). The molecule has 2 aromatic heterocycles. The Morgan fingerprint density at radius 1 is 1.57 bits per heavy atom. The maximum Gasteiger partial charge on any atom is 0.278 e. The van der Waals surface area contributed by atoms with Crippen LogP contribution in [0.1, 0.15) is 11.5 Å². The third-order valence-electron chi connectivity index (χ3n) is 1.92. The summed E-state index contributed by atoms with van der Waals surface area (Å²) in [6, 6.07) is 1.91. The van der Waals surface area contributed by atoms with Crippen molar-refractivity contribution in [3.63, 3.8) is 0 Å². The zero-order valence-corrected chi connectivity index (χ0v) is 9.45. The van der Waals surface area contributed by atoms with E-state index in [0.29, 0.717) is 22.7 Å². The predicted octanol–water partition coefficient (Wildman–Crippen LogP) is 1.67. The maximum atomic E-state index is 5.04. The van der Waals surface area contributed by atoms with Gasteiger partial charge in [0, 0.05) is 12.7 Å². The van der Waals surface area contributed by atoms with E-state index in [-0.39, 0.29) is 0 Å². The van der Waals surface area contributed by atoms with Gasteiger partial charge in [0.2, 0.25) is 0 Å². The third-order valence-corrected chi connectivity index (χ3v) is 2.42. The fourth-order valence-electron chi connectivity index (χ4n) is 1.08. The van der Waals surface area contributed by atoms with E-state index in [1.807, 2.05) is 20.0 Å². The number of aromatic nitrogens is 4. The van der Waals surface area contributed by atoms with Crippen LogP contribution in [0.15, 0.2) is 10.6 Å². The van der Waals surface area contributed by atoms with Crippen LogP contribution in [0, 0.1) is 6.92 Å². The number of aryl methyl sites for hydroxylation is 2. The molecule has 0 radical (unpaired) electrons. The molecule has 0 aliphatic rings. The Labute approximate surface area is 89.2 Å². The van der Waals surface area contributed by atoms with E-state index in [2.05, 4.69) is 31.2 Å². The molecule has 0 bridgehead atoms. The molecule has 0 aliphatic heterocycles. The molecule has 0 N–H and O–H groups in total. The summed E-state index contributed by atoms with van der Waals surface area (Å²) in [5.41, 5.74) is 1.77. The molecule has 0 unspecified atom stereocenters. The lowest BCUT2D eigenvalue weighted by molar-refractivity contribution is 0.423. The molecule has 2 heterocycles. The SMILES string of the molecule is Cc1cc(-c2nc(CBr)no2)nn1C. The van der Waals surface area contributed by atoms with Gasteiger partial charge in [-0.15, -0.1) is 0 Å². The van der Waals surface area contributed by atoms with Gasteiger partial charge in [-0.1, -0.05) is 21.1 Å². The Balaban J connectivity index is 2.39. The van der Waals surface area contributed by atoms with Crippen LogP contribution in [0.25, 0.3) is 11.6 Å². The molecular weight excluding hydrogens is 248 g/mol. The van der Waals surface area contributed by atoms with Gasteiger partial charge in [-0.2, -0.15) is 10.1 Å². The van der Waals surface area contributed by atoms with E-state index in [1.54, 1.807) is 4.68 Å². The van der Waals surface area contributed by atoms with Gasteiger partial charge in [0.15, 0.2) is 11.5 Å². The Kier molecular flexibility index (Phi) is 2.37. The van der Waals surface area contributed by atoms with E-state index in [1.165, 1.54) is 0 Å². The first-order valence-electron chi connectivity index (χ1n) is 4.10. The van der Waals surface area contributed by atoms with E-state index >= 15 is 0 Å². The highest BCUT2D eigenvalue weighted by atomic mass is 79.9. The van der Waals surface area contributed by atoms with Crippen LogP contribution in [0.2, 0.25) is 0 Å². The van der Waals surface area contributed by atoms with Crippen LogP contribution in [-0.2, 0) is 12.4 Å². The van der Waals surface area contributed by atoms with Crippen LogP contribution in [-0.4, -0.2) is 19.9 Å². The minimum absolute atomic E-state index is 0.461. The number of hydrogen-bond acceptors (Lipinski definition) is 4. The fourth-order valence-corrected chi connectivity index (χ4v) is 1.31. The van der Waals surface area contributed by atoms with Gasteiger partial charge >= 0.3 is 0 Å². The van der Waals surface area contributed by atoms with Crippen molar-refractivity contribution in [3.05, 3.63) is 17.6 Å². The van der Waals surface area contributed by atoms with Gasteiger partial charge in [-0.05, 0) is 13.0 Å². The Morgan fingerprint density at radius 3 is 2.86 bits per heavy atom. The quantitative estimate of drug-likeness (QED) is 0.768. The molecule has 74 valence electrons. The van der Waals surface area contributed by atoms with Crippen LogP contribution in [0.5, 0.6) is 0 Å². The predicted molar refractivity (Wildman–Crippen MR) is 53.9 cm³/mol. The first-order chi connectivity index (χ1) is 6.70. The summed E-state index contributed by atoms with van der Waals surface area (Å²) in [6.45, 7) is 1.97. The first-order valence-corrected chi connectivity index (χ1v) is 5.22. The van der Waals surface area contributed by atoms with Crippen LogP contribution >= 0.6 is 15.9 Å². The Hall–Kier alpha value is -1.17. The van der Waals surface area contributed by atoms with Gasteiger partial charge in [-0.3, -0.25) is 4.68 Å². The van der Waals surface area contributed by atoms with Crippen LogP contribution in [0.3, 0.4) is 0 Å². The standard InChI is InChI=1S/C8H9BrN4O/c1-5-3-6(11-13(5)2)8-10-7(4-9)12-14-8/h3H,4H2,1-2H3. The highest BCUT2D eigenvalue weighted by Gasteiger charge is 2.11. The van der Waals surface area contributed by atoms with E-state index < -0.39 is 0 Å². The van der Waals surface area contributed by atoms with Gasteiger partial charge in [0.25, 0.3) is 5.89 Å². The molecule has 0 aromatic carbocycles. The second kappa shape index (κ2) is 3.53. The lowest BCUT2D eigenvalue weighted by Crippen LogP contribution is -1.92. The summed E-state index contributed by atoms with van der Waals surface area (Å²) in [7, 11) is 1.88. The topological polar surface area (TPSA) is 56.7 Å². The van der Waals surface area contributed by atoms with Crippen molar-refractivity contribution in [1.82, 2.24) is 19.9 Å². The highest BCUT2D eigenvalue weighted by Crippen LogP contribution is 2.16. The second-order valence-electron chi connectivity index (χ2n) is 2.94. The molecule has 0 saturated heterocycles. The zero-order chi connectivity index (χ0) is 10.1. The van der Waals surface area contributed by atoms with E-state index in [4.69, 9.17) is 4.52 Å².